The van der Waals surface area contributed by atoms with Crippen molar-refractivity contribution in [3.63, 3.8) is 0 Å². The van der Waals surface area contributed by atoms with Crippen LogP contribution < -0.4 is 5.32 Å². The second kappa shape index (κ2) is 6.29. The van der Waals surface area contributed by atoms with Gasteiger partial charge in [0.1, 0.15) is 0 Å². The van der Waals surface area contributed by atoms with Crippen molar-refractivity contribution in [2.45, 2.75) is 20.4 Å². The molecule has 3 nitrogen and oxygen atoms in total. The van der Waals surface area contributed by atoms with E-state index in [0.717, 1.165) is 16.3 Å². The summed E-state index contributed by atoms with van der Waals surface area (Å²) in [5, 5.41) is 5.78. The molecule has 0 aliphatic heterocycles. The van der Waals surface area contributed by atoms with Crippen LogP contribution in [0.15, 0.2) is 35.7 Å². The van der Waals surface area contributed by atoms with Gasteiger partial charge in [0.2, 0.25) is 5.91 Å². The zero-order valence-electron chi connectivity index (χ0n) is 11.0. The first-order chi connectivity index (χ1) is 9.13. The Morgan fingerprint density at radius 3 is 2.95 bits per heavy atom. The third kappa shape index (κ3) is 4.34. The van der Waals surface area contributed by atoms with Gasteiger partial charge in [0.15, 0.2) is 0 Å². The standard InChI is InChI=1S/C15H16N2OS/c1-11-4-3-5-13(8-11)9-16-15(18)7-6-14-10-19-12(2)17-14/h3-8,10H,9H2,1-2H3,(H,16,18)/b7-6+. The van der Waals surface area contributed by atoms with Crippen LogP contribution >= 0.6 is 11.3 Å². The Morgan fingerprint density at radius 2 is 2.26 bits per heavy atom. The highest BCUT2D eigenvalue weighted by atomic mass is 32.1. The van der Waals surface area contributed by atoms with Gasteiger partial charge >= 0.3 is 0 Å². The van der Waals surface area contributed by atoms with Crippen molar-refractivity contribution < 1.29 is 4.79 Å². The predicted molar refractivity (Wildman–Crippen MR) is 78.9 cm³/mol. The van der Waals surface area contributed by atoms with E-state index in [9.17, 15) is 4.79 Å². The summed E-state index contributed by atoms with van der Waals surface area (Å²) in [5.74, 6) is -0.104. The van der Waals surface area contributed by atoms with E-state index >= 15 is 0 Å². The number of rotatable bonds is 4. The van der Waals surface area contributed by atoms with E-state index in [1.807, 2.05) is 37.4 Å². The highest BCUT2D eigenvalue weighted by Gasteiger charge is 1.98. The van der Waals surface area contributed by atoms with Gasteiger partial charge < -0.3 is 5.32 Å². The third-order valence-corrected chi connectivity index (χ3v) is 3.38. The second-order valence-electron chi connectivity index (χ2n) is 4.33. The van der Waals surface area contributed by atoms with Crippen LogP contribution in [0.4, 0.5) is 0 Å². The fraction of sp³-hybridized carbons (Fsp3) is 0.200. The van der Waals surface area contributed by atoms with Gasteiger partial charge in [0.05, 0.1) is 10.7 Å². The van der Waals surface area contributed by atoms with E-state index in [0.29, 0.717) is 6.54 Å². The topological polar surface area (TPSA) is 42.0 Å². The average Bonchev–Trinajstić information content (AvgIpc) is 2.80. The lowest BCUT2D eigenvalue weighted by Crippen LogP contribution is -2.20. The largest absolute Gasteiger partial charge is 0.348 e. The van der Waals surface area contributed by atoms with Crippen LogP contribution in [-0.4, -0.2) is 10.9 Å². The number of carbonyl (C=O) groups is 1. The predicted octanol–water partition coefficient (Wildman–Crippen LogP) is 3.09. The van der Waals surface area contributed by atoms with Crippen LogP contribution in [0.5, 0.6) is 0 Å². The van der Waals surface area contributed by atoms with Gasteiger partial charge in [-0.25, -0.2) is 4.98 Å². The number of hydrogen-bond donors (Lipinski definition) is 1. The van der Waals surface area contributed by atoms with E-state index in [-0.39, 0.29) is 5.91 Å². The molecule has 2 rings (SSSR count). The van der Waals surface area contributed by atoms with E-state index in [1.165, 1.54) is 11.6 Å². The maximum Gasteiger partial charge on any atom is 0.244 e. The van der Waals surface area contributed by atoms with Gasteiger partial charge in [-0.05, 0) is 25.5 Å². The molecule has 0 spiro atoms. The molecular weight excluding hydrogens is 256 g/mol. The Hall–Kier alpha value is -1.94. The van der Waals surface area contributed by atoms with E-state index in [4.69, 9.17) is 0 Å². The van der Waals surface area contributed by atoms with E-state index < -0.39 is 0 Å². The smallest absolute Gasteiger partial charge is 0.244 e. The third-order valence-electron chi connectivity index (χ3n) is 2.59. The van der Waals surface area contributed by atoms with Crippen molar-refractivity contribution in [1.29, 1.82) is 0 Å². The number of aromatic nitrogens is 1. The first-order valence-corrected chi connectivity index (χ1v) is 6.95. The van der Waals surface area contributed by atoms with Crippen LogP contribution in [0, 0.1) is 13.8 Å². The van der Waals surface area contributed by atoms with Crippen LogP contribution in [0.3, 0.4) is 0 Å². The number of carbonyl (C=O) groups excluding carboxylic acids is 1. The lowest BCUT2D eigenvalue weighted by Gasteiger charge is -2.03. The maximum atomic E-state index is 11.7. The minimum Gasteiger partial charge on any atom is -0.348 e. The maximum absolute atomic E-state index is 11.7. The lowest BCUT2D eigenvalue weighted by molar-refractivity contribution is -0.116. The van der Waals surface area contributed by atoms with Crippen molar-refractivity contribution >= 4 is 23.3 Å². The van der Waals surface area contributed by atoms with Gasteiger partial charge in [0.25, 0.3) is 0 Å². The molecule has 0 saturated heterocycles. The summed E-state index contributed by atoms with van der Waals surface area (Å²) in [4.78, 5) is 15.9. The summed E-state index contributed by atoms with van der Waals surface area (Å²) in [6.07, 6.45) is 3.25. The average molecular weight is 272 g/mol. The highest BCUT2D eigenvalue weighted by molar-refractivity contribution is 7.09. The molecule has 1 heterocycles. The Kier molecular flexibility index (Phi) is 4.47. The molecule has 0 aliphatic carbocycles. The molecule has 0 atom stereocenters. The first-order valence-electron chi connectivity index (χ1n) is 6.07. The zero-order chi connectivity index (χ0) is 13.7. The van der Waals surface area contributed by atoms with Crippen molar-refractivity contribution in [3.8, 4) is 0 Å². The van der Waals surface area contributed by atoms with Gasteiger partial charge in [-0.1, -0.05) is 29.8 Å². The Balaban J connectivity index is 1.86. The molecule has 0 fully saturated rings. The minimum absolute atomic E-state index is 0.104. The summed E-state index contributed by atoms with van der Waals surface area (Å²) in [7, 11) is 0. The molecule has 1 amide bonds. The molecule has 0 aliphatic rings. The molecule has 0 radical (unpaired) electrons. The summed E-state index contributed by atoms with van der Waals surface area (Å²) in [5.41, 5.74) is 3.12. The minimum atomic E-state index is -0.104. The van der Waals surface area contributed by atoms with E-state index in [2.05, 4.69) is 16.4 Å². The zero-order valence-corrected chi connectivity index (χ0v) is 11.8. The van der Waals surface area contributed by atoms with Crippen molar-refractivity contribution in [2.75, 3.05) is 0 Å². The van der Waals surface area contributed by atoms with Gasteiger partial charge in [0, 0.05) is 18.0 Å². The lowest BCUT2D eigenvalue weighted by atomic mass is 10.1. The molecule has 19 heavy (non-hydrogen) atoms. The van der Waals surface area contributed by atoms with Gasteiger partial charge in [-0.2, -0.15) is 0 Å². The monoisotopic (exact) mass is 272 g/mol. The fourth-order valence-electron chi connectivity index (χ4n) is 1.69. The van der Waals surface area contributed by atoms with Crippen LogP contribution in [0.25, 0.3) is 6.08 Å². The summed E-state index contributed by atoms with van der Waals surface area (Å²) >= 11 is 1.57. The number of thiazole rings is 1. The van der Waals surface area contributed by atoms with Gasteiger partial charge in [-0.15, -0.1) is 11.3 Å². The molecule has 1 N–H and O–H groups in total. The Labute approximate surface area is 117 Å². The Bertz CT molecular complexity index is 602. The van der Waals surface area contributed by atoms with Crippen molar-refractivity contribution in [2.24, 2.45) is 0 Å². The normalized spacial score (nSPS) is 10.8. The molecule has 2 aromatic rings. The number of benzene rings is 1. The number of aryl methyl sites for hydroxylation is 2. The van der Waals surface area contributed by atoms with Gasteiger partial charge in [-0.3, -0.25) is 4.79 Å². The summed E-state index contributed by atoms with van der Waals surface area (Å²) < 4.78 is 0. The second-order valence-corrected chi connectivity index (χ2v) is 5.39. The van der Waals surface area contributed by atoms with E-state index in [1.54, 1.807) is 17.4 Å². The molecule has 1 aromatic carbocycles. The summed E-state index contributed by atoms with van der Waals surface area (Å²) in [6.45, 7) is 4.52. The molecule has 4 heteroatoms. The van der Waals surface area contributed by atoms with Crippen molar-refractivity contribution in [1.82, 2.24) is 10.3 Å². The molecular formula is C15H16N2OS. The van der Waals surface area contributed by atoms with Crippen molar-refractivity contribution in [3.05, 3.63) is 57.6 Å². The summed E-state index contributed by atoms with van der Waals surface area (Å²) in [6, 6.07) is 8.09. The molecule has 0 saturated carbocycles. The number of nitrogens with one attached hydrogen (secondary N) is 1. The quantitative estimate of drug-likeness (QED) is 0.869. The first kappa shape index (κ1) is 13.5. The fourth-order valence-corrected chi connectivity index (χ4v) is 2.27. The Morgan fingerprint density at radius 1 is 1.42 bits per heavy atom. The molecule has 0 bridgehead atoms. The number of hydrogen-bond acceptors (Lipinski definition) is 3. The van der Waals surface area contributed by atoms with Crippen LogP contribution in [0.1, 0.15) is 21.8 Å². The van der Waals surface area contributed by atoms with Crippen LogP contribution in [-0.2, 0) is 11.3 Å². The number of amides is 1. The van der Waals surface area contributed by atoms with Crippen LogP contribution in [0.2, 0.25) is 0 Å². The molecule has 98 valence electrons. The highest BCUT2D eigenvalue weighted by Crippen LogP contribution is 2.09. The number of nitrogens with zero attached hydrogens (tertiary/aromatic N) is 1. The molecule has 1 aromatic heterocycles. The SMILES string of the molecule is Cc1cccc(CNC(=O)/C=C/c2csc(C)n2)c1. The molecule has 0 unspecified atom stereocenters.